The van der Waals surface area contributed by atoms with E-state index in [1.165, 1.54) is 6.07 Å². The fourth-order valence-corrected chi connectivity index (χ4v) is 3.05. The van der Waals surface area contributed by atoms with Gasteiger partial charge in [0.2, 0.25) is 11.8 Å². The maximum Gasteiger partial charge on any atom is 0.223 e. The number of carbonyl (C=O) groups is 2. The monoisotopic (exact) mass is 334 g/mol. The quantitative estimate of drug-likeness (QED) is 0.839. The summed E-state index contributed by atoms with van der Waals surface area (Å²) in [5.41, 5.74) is 0.493. The van der Waals surface area contributed by atoms with Crippen molar-refractivity contribution in [2.24, 2.45) is 11.8 Å². The summed E-state index contributed by atoms with van der Waals surface area (Å²) >= 11 is 0. The fraction of sp³-hybridized carbons (Fsp3) is 0.579. The van der Waals surface area contributed by atoms with Gasteiger partial charge in [0.25, 0.3) is 0 Å². The molecule has 132 valence electrons. The van der Waals surface area contributed by atoms with E-state index in [2.05, 4.69) is 10.6 Å². The third-order valence-electron chi connectivity index (χ3n) is 4.88. The van der Waals surface area contributed by atoms with E-state index < -0.39 is 0 Å². The van der Waals surface area contributed by atoms with Crippen LogP contribution in [0.25, 0.3) is 0 Å². The highest BCUT2D eigenvalue weighted by molar-refractivity contribution is 5.81. The Hall–Kier alpha value is -1.91. The van der Waals surface area contributed by atoms with Crippen molar-refractivity contribution in [3.05, 3.63) is 35.6 Å². The molecule has 0 aliphatic heterocycles. The summed E-state index contributed by atoms with van der Waals surface area (Å²) in [4.78, 5) is 24.4. The van der Waals surface area contributed by atoms with Gasteiger partial charge in [-0.15, -0.1) is 0 Å². The van der Waals surface area contributed by atoms with E-state index in [9.17, 15) is 14.0 Å². The van der Waals surface area contributed by atoms with Crippen molar-refractivity contribution in [2.45, 2.75) is 58.5 Å². The highest BCUT2D eigenvalue weighted by atomic mass is 19.1. The minimum atomic E-state index is -0.303. The molecule has 1 saturated carbocycles. The molecule has 0 spiro atoms. The topological polar surface area (TPSA) is 58.2 Å². The van der Waals surface area contributed by atoms with Crippen molar-refractivity contribution in [3.8, 4) is 0 Å². The number of amides is 2. The molecule has 0 aromatic heterocycles. The summed E-state index contributed by atoms with van der Waals surface area (Å²) < 4.78 is 13.6. The van der Waals surface area contributed by atoms with Gasteiger partial charge in [0.1, 0.15) is 5.82 Å². The zero-order chi connectivity index (χ0) is 17.5. The summed E-state index contributed by atoms with van der Waals surface area (Å²) in [6.45, 7) is 4.25. The molecule has 0 radical (unpaired) electrons. The van der Waals surface area contributed by atoms with Gasteiger partial charge >= 0.3 is 0 Å². The summed E-state index contributed by atoms with van der Waals surface area (Å²) in [6.07, 6.45) is 3.81. The number of halogens is 1. The van der Waals surface area contributed by atoms with Crippen LogP contribution in [0, 0.1) is 17.7 Å². The third-order valence-corrected chi connectivity index (χ3v) is 4.88. The Morgan fingerprint density at radius 3 is 2.29 bits per heavy atom. The average Bonchev–Trinajstić information content (AvgIpc) is 2.60. The Morgan fingerprint density at radius 2 is 1.71 bits per heavy atom. The molecule has 24 heavy (non-hydrogen) atoms. The summed E-state index contributed by atoms with van der Waals surface area (Å²) in [5.74, 6) is -0.309. The van der Waals surface area contributed by atoms with Crippen LogP contribution in [0.2, 0.25) is 0 Å². The molecule has 0 saturated heterocycles. The van der Waals surface area contributed by atoms with E-state index in [1.807, 2.05) is 13.8 Å². The van der Waals surface area contributed by atoms with Crippen LogP contribution < -0.4 is 10.6 Å². The molecule has 1 aliphatic carbocycles. The van der Waals surface area contributed by atoms with Crippen LogP contribution in [0.15, 0.2) is 24.3 Å². The molecular weight excluding hydrogens is 307 g/mol. The standard InChI is InChI=1S/C19H27FN2O2/c1-3-13(2)22-19(24)15-10-8-14(9-11-15)18(23)21-12-16-6-4-5-7-17(16)20/h4-7,13-15H,3,8-12H2,1-2H3,(H,21,23)(H,22,24). The number of benzene rings is 1. The number of nitrogens with one attached hydrogen (secondary N) is 2. The van der Waals surface area contributed by atoms with Crippen molar-refractivity contribution in [3.63, 3.8) is 0 Å². The Kier molecular flexibility index (Phi) is 6.76. The zero-order valence-corrected chi connectivity index (χ0v) is 14.5. The van der Waals surface area contributed by atoms with Crippen molar-refractivity contribution < 1.29 is 14.0 Å². The van der Waals surface area contributed by atoms with Crippen molar-refractivity contribution in [2.75, 3.05) is 0 Å². The van der Waals surface area contributed by atoms with E-state index in [1.54, 1.807) is 18.2 Å². The molecule has 0 bridgehead atoms. The van der Waals surface area contributed by atoms with Crippen LogP contribution in [0.4, 0.5) is 4.39 Å². The van der Waals surface area contributed by atoms with Gasteiger partial charge in [-0.05, 0) is 45.1 Å². The van der Waals surface area contributed by atoms with Crippen LogP contribution in [0.5, 0.6) is 0 Å². The lowest BCUT2D eigenvalue weighted by Gasteiger charge is -2.28. The van der Waals surface area contributed by atoms with Gasteiger partial charge in [-0.25, -0.2) is 4.39 Å². The van der Waals surface area contributed by atoms with E-state index in [0.29, 0.717) is 18.4 Å². The first kappa shape index (κ1) is 18.4. The van der Waals surface area contributed by atoms with E-state index >= 15 is 0 Å². The molecule has 2 N–H and O–H groups in total. The maximum absolute atomic E-state index is 13.6. The molecule has 1 aromatic carbocycles. The molecule has 1 atom stereocenters. The first-order valence-electron chi connectivity index (χ1n) is 8.82. The van der Waals surface area contributed by atoms with Crippen molar-refractivity contribution in [1.82, 2.24) is 10.6 Å². The Morgan fingerprint density at radius 1 is 1.12 bits per heavy atom. The fourth-order valence-electron chi connectivity index (χ4n) is 3.05. The molecule has 1 fully saturated rings. The van der Waals surface area contributed by atoms with Crippen LogP contribution >= 0.6 is 0 Å². The van der Waals surface area contributed by atoms with Gasteiger partial charge in [-0.1, -0.05) is 25.1 Å². The Labute approximate surface area is 143 Å². The first-order valence-corrected chi connectivity index (χ1v) is 8.82. The number of hydrogen-bond acceptors (Lipinski definition) is 2. The first-order chi connectivity index (χ1) is 11.5. The van der Waals surface area contributed by atoms with Gasteiger partial charge in [-0.3, -0.25) is 9.59 Å². The van der Waals surface area contributed by atoms with Gasteiger partial charge in [-0.2, -0.15) is 0 Å². The molecular formula is C19H27FN2O2. The molecule has 2 amide bonds. The Bertz CT molecular complexity index is 568. The second-order valence-corrected chi connectivity index (χ2v) is 6.68. The number of rotatable bonds is 6. The van der Waals surface area contributed by atoms with E-state index in [0.717, 1.165) is 19.3 Å². The van der Waals surface area contributed by atoms with Crippen LogP contribution in [-0.4, -0.2) is 17.9 Å². The maximum atomic E-state index is 13.6. The van der Waals surface area contributed by atoms with Crippen molar-refractivity contribution >= 4 is 11.8 Å². The molecule has 4 nitrogen and oxygen atoms in total. The molecule has 1 aliphatic rings. The molecule has 1 aromatic rings. The van der Waals surface area contributed by atoms with Gasteiger partial charge in [0.05, 0.1) is 0 Å². The minimum absolute atomic E-state index is 0.00891. The summed E-state index contributed by atoms with van der Waals surface area (Å²) in [5, 5.41) is 5.83. The Balaban J connectivity index is 1.76. The highest BCUT2D eigenvalue weighted by Gasteiger charge is 2.30. The van der Waals surface area contributed by atoms with E-state index in [4.69, 9.17) is 0 Å². The largest absolute Gasteiger partial charge is 0.353 e. The van der Waals surface area contributed by atoms with Crippen LogP contribution in [0.1, 0.15) is 51.5 Å². The lowest BCUT2D eigenvalue weighted by atomic mass is 9.81. The van der Waals surface area contributed by atoms with Gasteiger partial charge in [0.15, 0.2) is 0 Å². The van der Waals surface area contributed by atoms with Crippen molar-refractivity contribution in [1.29, 1.82) is 0 Å². The predicted molar refractivity (Wildman–Crippen MR) is 91.6 cm³/mol. The predicted octanol–water partition coefficient (Wildman–Crippen LogP) is 3.16. The molecule has 0 heterocycles. The smallest absolute Gasteiger partial charge is 0.223 e. The second-order valence-electron chi connectivity index (χ2n) is 6.68. The lowest BCUT2D eigenvalue weighted by molar-refractivity contribution is -0.131. The van der Waals surface area contributed by atoms with Gasteiger partial charge < -0.3 is 10.6 Å². The summed E-state index contributed by atoms with van der Waals surface area (Å²) in [7, 11) is 0. The average molecular weight is 334 g/mol. The normalized spacial score (nSPS) is 21.8. The SMILES string of the molecule is CCC(C)NC(=O)C1CCC(C(=O)NCc2ccccc2F)CC1. The van der Waals surface area contributed by atoms with Crippen LogP contribution in [-0.2, 0) is 16.1 Å². The molecule has 5 heteroatoms. The summed E-state index contributed by atoms with van der Waals surface area (Å²) in [6, 6.07) is 6.64. The van der Waals surface area contributed by atoms with Crippen LogP contribution in [0.3, 0.4) is 0 Å². The zero-order valence-electron chi connectivity index (χ0n) is 14.5. The lowest BCUT2D eigenvalue weighted by Crippen LogP contribution is -2.40. The number of carbonyl (C=O) groups excluding carboxylic acids is 2. The third kappa shape index (κ3) is 5.05. The minimum Gasteiger partial charge on any atom is -0.353 e. The molecule has 1 unspecified atom stereocenters. The number of hydrogen-bond donors (Lipinski definition) is 2. The second kappa shape index (κ2) is 8.81. The highest BCUT2D eigenvalue weighted by Crippen LogP contribution is 2.29. The van der Waals surface area contributed by atoms with E-state index in [-0.39, 0.29) is 42.1 Å². The van der Waals surface area contributed by atoms with Gasteiger partial charge in [0, 0.05) is 30.0 Å². The molecule has 2 rings (SSSR count).